The summed E-state index contributed by atoms with van der Waals surface area (Å²) in [5, 5.41) is 0. The van der Waals surface area contributed by atoms with Crippen molar-refractivity contribution in [3.8, 4) is 0 Å². The number of nitrogens with zero attached hydrogens (tertiary/aromatic N) is 2. The van der Waals surface area contributed by atoms with Gasteiger partial charge in [0, 0.05) is 31.0 Å². The number of hydrogen-bond acceptors (Lipinski definition) is 3. The molecule has 1 aliphatic rings. The molecule has 0 aliphatic heterocycles. The van der Waals surface area contributed by atoms with Crippen molar-refractivity contribution in [2.24, 2.45) is 5.73 Å². The Hall–Kier alpha value is -1.42. The smallest absolute Gasteiger partial charge is 0.255 e. The number of carbonyl (C=O) groups excluding carboxylic acids is 1. The molecule has 4 heteroatoms. The first-order valence-corrected chi connectivity index (χ1v) is 7.16. The quantitative estimate of drug-likeness (QED) is 0.903. The van der Waals surface area contributed by atoms with Gasteiger partial charge in [0.05, 0.1) is 5.56 Å². The summed E-state index contributed by atoms with van der Waals surface area (Å²) in [6, 6.07) is 4.03. The minimum Gasteiger partial charge on any atom is -0.334 e. The van der Waals surface area contributed by atoms with Crippen molar-refractivity contribution in [3.05, 3.63) is 29.6 Å². The van der Waals surface area contributed by atoms with Crippen LogP contribution in [0.2, 0.25) is 0 Å². The van der Waals surface area contributed by atoms with Crippen molar-refractivity contribution < 1.29 is 4.79 Å². The Morgan fingerprint density at radius 2 is 2.16 bits per heavy atom. The third-order valence-corrected chi connectivity index (χ3v) is 3.88. The van der Waals surface area contributed by atoms with E-state index >= 15 is 0 Å². The summed E-state index contributed by atoms with van der Waals surface area (Å²) in [5.41, 5.74) is 7.19. The van der Waals surface area contributed by atoms with Gasteiger partial charge in [0.15, 0.2) is 0 Å². The number of amides is 1. The highest BCUT2D eigenvalue weighted by atomic mass is 16.2. The SMILES string of the molecule is Cc1ncccc1C(=O)N(CCN)C1CCCCC1. The summed E-state index contributed by atoms with van der Waals surface area (Å²) < 4.78 is 0. The fraction of sp³-hybridized carbons (Fsp3) is 0.600. The molecule has 1 saturated carbocycles. The topological polar surface area (TPSA) is 59.2 Å². The number of rotatable bonds is 4. The van der Waals surface area contributed by atoms with Crippen LogP contribution in [0.3, 0.4) is 0 Å². The molecule has 0 bridgehead atoms. The average Bonchev–Trinajstić information content (AvgIpc) is 2.45. The third-order valence-electron chi connectivity index (χ3n) is 3.88. The molecule has 4 nitrogen and oxygen atoms in total. The van der Waals surface area contributed by atoms with Crippen LogP contribution >= 0.6 is 0 Å². The molecule has 104 valence electrons. The van der Waals surface area contributed by atoms with Crippen LogP contribution in [-0.4, -0.2) is 34.9 Å². The second-order valence-corrected chi connectivity index (χ2v) is 5.22. The van der Waals surface area contributed by atoms with Gasteiger partial charge in [0.1, 0.15) is 0 Å². The average molecular weight is 261 g/mol. The minimum atomic E-state index is 0.0861. The molecule has 1 amide bonds. The van der Waals surface area contributed by atoms with Gasteiger partial charge in [-0.15, -0.1) is 0 Å². The van der Waals surface area contributed by atoms with Gasteiger partial charge in [0.2, 0.25) is 0 Å². The highest BCUT2D eigenvalue weighted by molar-refractivity contribution is 5.95. The molecular formula is C15H23N3O. The van der Waals surface area contributed by atoms with Crippen LogP contribution in [0, 0.1) is 6.92 Å². The van der Waals surface area contributed by atoms with Crippen LogP contribution in [0.25, 0.3) is 0 Å². The van der Waals surface area contributed by atoms with E-state index in [-0.39, 0.29) is 5.91 Å². The van der Waals surface area contributed by atoms with Gasteiger partial charge >= 0.3 is 0 Å². The summed E-state index contributed by atoms with van der Waals surface area (Å²) in [6.45, 7) is 3.04. The lowest BCUT2D eigenvalue weighted by molar-refractivity contribution is 0.0640. The normalized spacial score (nSPS) is 16.3. The van der Waals surface area contributed by atoms with Gasteiger partial charge in [-0.3, -0.25) is 9.78 Å². The van der Waals surface area contributed by atoms with Crippen LogP contribution in [0.5, 0.6) is 0 Å². The molecular weight excluding hydrogens is 238 g/mol. The molecule has 0 aromatic carbocycles. The summed E-state index contributed by atoms with van der Waals surface area (Å²) in [5.74, 6) is 0.0861. The van der Waals surface area contributed by atoms with Gasteiger partial charge in [-0.05, 0) is 31.9 Å². The highest BCUT2D eigenvalue weighted by Gasteiger charge is 2.26. The second-order valence-electron chi connectivity index (χ2n) is 5.22. The predicted octanol–water partition coefficient (Wildman–Crippen LogP) is 2.12. The summed E-state index contributed by atoms with van der Waals surface area (Å²) in [6.07, 6.45) is 7.64. The third kappa shape index (κ3) is 3.32. The largest absolute Gasteiger partial charge is 0.334 e. The van der Waals surface area contributed by atoms with Crippen LogP contribution < -0.4 is 5.73 Å². The van der Waals surface area contributed by atoms with Gasteiger partial charge in [0.25, 0.3) is 5.91 Å². The van der Waals surface area contributed by atoms with Gasteiger partial charge in [-0.1, -0.05) is 19.3 Å². The van der Waals surface area contributed by atoms with Crippen molar-refractivity contribution in [1.82, 2.24) is 9.88 Å². The Balaban J connectivity index is 2.18. The van der Waals surface area contributed by atoms with E-state index in [0.29, 0.717) is 24.7 Å². The highest BCUT2D eigenvalue weighted by Crippen LogP contribution is 2.24. The minimum absolute atomic E-state index is 0.0861. The zero-order valence-corrected chi connectivity index (χ0v) is 11.6. The van der Waals surface area contributed by atoms with Crippen molar-refractivity contribution in [1.29, 1.82) is 0 Å². The van der Waals surface area contributed by atoms with Gasteiger partial charge in [-0.25, -0.2) is 0 Å². The lowest BCUT2D eigenvalue weighted by Gasteiger charge is -2.34. The lowest BCUT2D eigenvalue weighted by atomic mass is 9.93. The van der Waals surface area contributed by atoms with Crippen molar-refractivity contribution in [2.75, 3.05) is 13.1 Å². The molecule has 0 atom stereocenters. The standard InChI is InChI=1S/C15H23N3O/c1-12-14(8-5-10-17-12)15(19)18(11-9-16)13-6-3-2-4-7-13/h5,8,10,13H,2-4,6-7,9,11,16H2,1H3. The van der Waals surface area contributed by atoms with Crippen LogP contribution in [-0.2, 0) is 0 Å². The van der Waals surface area contributed by atoms with E-state index in [1.165, 1.54) is 19.3 Å². The molecule has 2 rings (SSSR count). The van der Waals surface area contributed by atoms with Gasteiger partial charge in [-0.2, -0.15) is 0 Å². The first-order chi connectivity index (χ1) is 9.24. The van der Waals surface area contributed by atoms with E-state index in [9.17, 15) is 4.79 Å². The van der Waals surface area contributed by atoms with Crippen LogP contribution in [0.4, 0.5) is 0 Å². The second kappa shape index (κ2) is 6.66. The van der Waals surface area contributed by atoms with Crippen LogP contribution in [0.1, 0.15) is 48.2 Å². The molecule has 0 spiro atoms. The molecule has 0 saturated heterocycles. The van der Waals surface area contributed by atoms with Crippen molar-refractivity contribution in [2.45, 2.75) is 45.1 Å². The number of aromatic nitrogens is 1. The number of hydrogen-bond donors (Lipinski definition) is 1. The molecule has 1 aromatic rings. The molecule has 1 aliphatic carbocycles. The summed E-state index contributed by atoms with van der Waals surface area (Å²) >= 11 is 0. The van der Waals surface area contributed by atoms with E-state index in [1.807, 2.05) is 24.0 Å². The summed E-state index contributed by atoms with van der Waals surface area (Å²) in [7, 11) is 0. The van der Waals surface area contributed by atoms with Crippen molar-refractivity contribution >= 4 is 5.91 Å². The molecule has 0 unspecified atom stereocenters. The van der Waals surface area contributed by atoms with E-state index < -0.39 is 0 Å². The van der Waals surface area contributed by atoms with E-state index in [2.05, 4.69) is 4.98 Å². The Kier molecular flexibility index (Phi) is 4.91. The van der Waals surface area contributed by atoms with E-state index in [1.54, 1.807) is 6.20 Å². The van der Waals surface area contributed by atoms with Crippen LogP contribution in [0.15, 0.2) is 18.3 Å². The fourth-order valence-electron chi connectivity index (χ4n) is 2.85. The predicted molar refractivity (Wildman–Crippen MR) is 75.9 cm³/mol. The van der Waals surface area contributed by atoms with E-state index in [0.717, 1.165) is 18.5 Å². The lowest BCUT2D eigenvalue weighted by Crippen LogP contribution is -2.44. The van der Waals surface area contributed by atoms with Crippen molar-refractivity contribution in [3.63, 3.8) is 0 Å². The molecule has 2 N–H and O–H groups in total. The summed E-state index contributed by atoms with van der Waals surface area (Å²) in [4.78, 5) is 18.9. The molecule has 1 aromatic heterocycles. The maximum atomic E-state index is 12.7. The van der Waals surface area contributed by atoms with Gasteiger partial charge < -0.3 is 10.6 Å². The maximum Gasteiger partial charge on any atom is 0.255 e. The Morgan fingerprint density at radius 1 is 1.42 bits per heavy atom. The Bertz CT molecular complexity index is 427. The molecule has 1 heterocycles. The fourth-order valence-corrected chi connectivity index (χ4v) is 2.85. The molecule has 0 radical (unpaired) electrons. The van der Waals surface area contributed by atoms with E-state index in [4.69, 9.17) is 5.73 Å². The zero-order chi connectivity index (χ0) is 13.7. The zero-order valence-electron chi connectivity index (χ0n) is 11.6. The first kappa shape index (κ1) is 14.0. The monoisotopic (exact) mass is 261 g/mol. The number of carbonyl (C=O) groups is 1. The molecule has 1 fully saturated rings. The number of nitrogens with two attached hydrogens (primary N) is 1. The Morgan fingerprint density at radius 3 is 2.79 bits per heavy atom. The maximum absolute atomic E-state index is 12.7. The first-order valence-electron chi connectivity index (χ1n) is 7.16. The number of pyridine rings is 1. The molecule has 19 heavy (non-hydrogen) atoms. The number of aryl methyl sites for hydroxylation is 1. The Labute approximate surface area is 115 Å².